The van der Waals surface area contributed by atoms with Crippen molar-refractivity contribution in [3.8, 4) is 5.69 Å². The fourth-order valence-corrected chi connectivity index (χ4v) is 3.47. The first-order valence-corrected chi connectivity index (χ1v) is 9.32. The van der Waals surface area contributed by atoms with Crippen LogP contribution in [0.15, 0.2) is 41.2 Å². The normalized spacial score (nSPS) is 18.5. The Morgan fingerprint density at radius 1 is 1.29 bits per heavy atom. The number of hydrogen-bond donors (Lipinski definition) is 2. The number of carboxylic acids is 1. The molecule has 1 amide bonds. The summed E-state index contributed by atoms with van der Waals surface area (Å²) in [5.74, 6) is -1.36. The fourth-order valence-electron chi connectivity index (χ4n) is 3.47. The molecule has 3 rings (SSSR count). The highest BCUT2D eigenvalue weighted by molar-refractivity contribution is 5.92. The molecule has 0 spiro atoms. The Kier molecular flexibility index (Phi) is 5.89. The van der Waals surface area contributed by atoms with Gasteiger partial charge in [-0.05, 0) is 38.4 Å². The summed E-state index contributed by atoms with van der Waals surface area (Å²) >= 11 is 0. The quantitative estimate of drug-likeness (QED) is 0.744. The van der Waals surface area contributed by atoms with Crippen molar-refractivity contribution in [3.05, 3.63) is 58.0 Å². The molecule has 1 heterocycles. The molecule has 0 atom stereocenters. The average molecular weight is 384 g/mol. The molecule has 1 aliphatic carbocycles. The van der Waals surface area contributed by atoms with E-state index >= 15 is 0 Å². The van der Waals surface area contributed by atoms with Crippen LogP contribution in [0.1, 0.15) is 35.9 Å². The number of aryl methyl sites for hydroxylation is 1. The van der Waals surface area contributed by atoms with E-state index < -0.39 is 17.3 Å². The van der Waals surface area contributed by atoms with Crippen LogP contribution >= 0.6 is 0 Å². The Bertz CT molecular complexity index is 920. The molecule has 8 nitrogen and oxygen atoms in total. The van der Waals surface area contributed by atoms with Gasteiger partial charge >= 0.3 is 5.97 Å². The lowest BCUT2D eigenvalue weighted by Gasteiger charge is -2.42. The van der Waals surface area contributed by atoms with Gasteiger partial charge in [-0.2, -0.15) is 5.10 Å². The molecule has 1 aromatic heterocycles. The maximum absolute atomic E-state index is 12.6. The number of nitrogens with zero attached hydrogens (tertiary/aromatic N) is 3. The molecule has 8 heteroatoms. The van der Waals surface area contributed by atoms with Gasteiger partial charge in [0.1, 0.15) is 0 Å². The predicted octanol–water partition coefficient (Wildman–Crippen LogP) is 1.21. The zero-order valence-electron chi connectivity index (χ0n) is 16.0. The lowest BCUT2D eigenvalue weighted by Crippen LogP contribution is -2.55. The number of hydrogen-bond acceptors (Lipinski definition) is 5. The summed E-state index contributed by atoms with van der Waals surface area (Å²) in [6.45, 7) is 4.31. The number of rotatable bonds is 7. The number of benzene rings is 1. The highest BCUT2D eigenvalue weighted by atomic mass is 16.4. The van der Waals surface area contributed by atoms with E-state index in [1.54, 1.807) is 11.6 Å². The van der Waals surface area contributed by atoms with Crippen molar-refractivity contribution < 1.29 is 14.7 Å². The molecule has 1 fully saturated rings. The predicted molar refractivity (Wildman–Crippen MR) is 104 cm³/mol. The van der Waals surface area contributed by atoms with Crippen molar-refractivity contribution in [1.29, 1.82) is 0 Å². The van der Waals surface area contributed by atoms with Gasteiger partial charge in [-0.15, -0.1) is 0 Å². The van der Waals surface area contributed by atoms with Crippen molar-refractivity contribution in [2.24, 2.45) is 0 Å². The molecule has 0 saturated heterocycles. The molecule has 0 aliphatic heterocycles. The van der Waals surface area contributed by atoms with Crippen LogP contribution in [0.25, 0.3) is 5.69 Å². The molecular weight excluding hydrogens is 360 g/mol. The summed E-state index contributed by atoms with van der Waals surface area (Å²) in [6.07, 6.45) is 1.32. The van der Waals surface area contributed by atoms with Crippen LogP contribution in [0, 0.1) is 6.92 Å². The highest BCUT2D eigenvalue weighted by Crippen LogP contribution is 2.25. The molecule has 1 aliphatic rings. The SMILES string of the molecule is CCN(CC(=O)O)C1CC(NC(=O)c2nn(-c3ccccc3)c(C)cc2=O)C1. The topological polar surface area (TPSA) is 105 Å². The Labute approximate surface area is 162 Å². The van der Waals surface area contributed by atoms with Gasteiger partial charge in [0.15, 0.2) is 5.69 Å². The van der Waals surface area contributed by atoms with E-state index in [-0.39, 0.29) is 24.3 Å². The maximum atomic E-state index is 12.6. The molecule has 1 saturated carbocycles. The summed E-state index contributed by atoms with van der Waals surface area (Å²) in [7, 11) is 0. The van der Waals surface area contributed by atoms with Crippen LogP contribution in [0.5, 0.6) is 0 Å². The summed E-state index contributed by atoms with van der Waals surface area (Å²) in [6, 6.07) is 10.7. The average Bonchev–Trinajstić information content (AvgIpc) is 2.63. The third-order valence-electron chi connectivity index (χ3n) is 5.03. The molecule has 0 unspecified atom stereocenters. The van der Waals surface area contributed by atoms with Gasteiger partial charge in [0.05, 0.1) is 12.2 Å². The van der Waals surface area contributed by atoms with Crippen molar-refractivity contribution in [2.75, 3.05) is 13.1 Å². The zero-order valence-corrected chi connectivity index (χ0v) is 16.0. The third-order valence-corrected chi connectivity index (χ3v) is 5.03. The number of carboxylic acid groups (broad SMARTS) is 1. The smallest absolute Gasteiger partial charge is 0.317 e. The Balaban J connectivity index is 1.69. The van der Waals surface area contributed by atoms with Crippen molar-refractivity contribution in [1.82, 2.24) is 20.0 Å². The Morgan fingerprint density at radius 2 is 1.96 bits per heavy atom. The van der Waals surface area contributed by atoms with E-state index in [1.165, 1.54) is 6.07 Å². The molecule has 148 valence electrons. The van der Waals surface area contributed by atoms with Gasteiger partial charge in [0.2, 0.25) is 5.43 Å². The van der Waals surface area contributed by atoms with E-state index in [4.69, 9.17) is 5.11 Å². The van der Waals surface area contributed by atoms with E-state index in [0.717, 1.165) is 5.69 Å². The van der Waals surface area contributed by atoms with E-state index in [0.29, 0.717) is 25.1 Å². The first-order valence-electron chi connectivity index (χ1n) is 9.32. The minimum atomic E-state index is -0.861. The Hall–Kier alpha value is -3.00. The first kappa shape index (κ1) is 19.8. The van der Waals surface area contributed by atoms with Crippen molar-refractivity contribution in [3.63, 3.8) is 0 Å². The summed E-state index contributed by atoms with van der Waals surface area (Å²) < 4.78 is 1.57. The van der Waals surface area contributed by atoms with Gasteiger partial charge in [-0.3, -0.25) is 19.3 Å². The van der Waals surface area contributed by atoms with Gasteiger partial charge in [0, 0.05) is 23.8 Å². The minimum Gasteiger partial charge on any atom is -0.480 e. The second-order valence-electron chi connectivity index (χ2n) is 7.00. The van der Waals surface area contributed by atoms with Gasteiger partial charge < -0.3 is 10.4 Å². The van der Waals surface area contributed by atoms with Crippen LogP contribution in [-0.4, -0.2) is 56.8 Å². The lowest BCUT2D eigenvalue weighted by atomic mass is 9.85. The van der Waals surface area contributed by atoms with Gasteiger partial charge in [-0.1, -0.05) is 25.1 Å². The van der Waals surface area contributed by atoms with E-state index in [1.807, 2.05) is 42.2 Å². The van der Waals surface area contributed by atoms with Crippen LogP contribution in [0.3, 0.4) is 0 Å². The number of para-hydroxylation sites is 1. The van der Waals surface area contributed by atoms with Crippen LogP contribution in [0.4, 0.5) is 0 Å². The molecule has 2 N–H and O–H groups in total. The third kappa shape index (κ3) is 4.28. The van der Waals surface area contributed by atoms with Crippen LogP contribution in [0.2, 0.25) is 0 Å². The van der Waals surface area contributed by atoms with Gasteiger partial charge in [0.25, 0.3) is 5.91 Å². The number of nitrogens with one attached hydrogen (secondary N) is 1. The fraction of sp³-hybridized carbons (Fsp3) is 0.400. The second kappa shape index (κ2) is 8.35. The van der Waals surface area contributed by atoms with Crippen LogP contribution in [-0.2, 0) is 4.79 Å². The lowest BCUT2D eigenvalue weighted by molar-refractivity contribution is -0.139. The Morgan fingerprint density at radius 3 is 2.57 bits per heavy atom. The highest BCUT2D eigenvalue weighted by Gasteiger charge is 2.35. The van der Waals surface area contributed by atoms with E-state index in [9.17, 15) is 14.4 Å². The number of carbonyl (C=O) groups is 2. The number of likely N-dealkylation sites (N-methyl/N-ethyl adjacent to an activating group) is 1. The van der Waals surface area contributed by atoms with E-state index in [2.05, 4.69) is 10.4 Å². The van der Waals surface area contributed by atoms with Crippen molar-refractivity contribution in [2.45, 2.75) is 38.8 Å². The summed E-state index contributed by atoms with van der Waals surface area (Å²) in [5, 5.41) is 16.1. The monoisotopic (exact) mass is 384 g/mol. The zero-order chi connectivity index (χ0) is 20.3. The summed E-state index contributed by atoms with van der Waals surface area (Å²) in [4.78, 5) is 37.7. The summed E-state index contributed by atoms with van der Waals surface area (Å²) in [5.41, 5.74) is 0.851. The number of aromatic nitrogens is 2. The largest absolute Gasteiger partial charge is 0.480 e. The minimum absolute atomic E-state index is 0.0108. The molecular formula is C20H24N4O4. The number of amides is 1. The first-order chi connectivity index (χ1) is 13.4. The number of carbonyl (C=O) groups excluding carboxylic acids is 1. The van der Waals surface area contributed by atoms with Crippen molar-refractivity contribution >= 4 is 11.9 Å². The molecule has 28 heavy (non-hydrogen) atoms. The number of aliphatic carboxylic acids is 1. The maximum Gasteiger partial charge on any atom is 0.317 e. The molecule has 0 bridgehead atoms. The van der Waals surface area contributed by atoms with Crippen LogP contribution < -0.4 is 10.7 Å². The second-order valence-corrected chi connectivity index (χ2v) is 7.00. The molecule has 1 aromatic carbocycles. The standard InChI is InChI=1S/C20H24N4O4/c1-3-23(12-18(26)27)16-10-14(11-16)21-20(28)19-17(25)9-13(2)24(22-19)15-7-5-4-6-8-15/h4-9,14,16H,3,10-12H2,1-2H3,(H,21,28)(H,26,27). The molecule has 2 aromatic rings. The van der Waals surface area contributed by atoms with Gasteiger partial charge in [-0.25, -0.2) is 4.68 Å². The molecule has 0 radical (unpaired) electrons.